The number of ether oxygens (including phenoxy) is 1. The maximum atomic E-state index is 10.6. The van der Waals surface area contributed by atoms with E-state index in [0.717, 1.165) is 42.6 Å². The van der Waals surface area contributed by atoms with Crippen LogP contribution >= 0.6 is 0 Å². The van der Waals surface area contributed by atoms with Gasteiger partial charge in [-0.25, -0.2) is 9.97 Å². The number of para-hydroxylation sites is 1. The molecule has 23 heavy (non-hydrogen) atoms. The van der Waals surface area contributed by atoms with E-state index in [2.05, 4.69) is 34.0 Å². The first kappa shape index (κ1) is 15.7. The Morgan fingerprint density at radius 3 is 2.83 bits per heavy atom. The molecule has 1 aliphatic rings. The van der Waals surface area contributed by atoms with Gasteiger partial charge in [0.2, 0.25) is 12.4 Å². The van der Waals surface area contributed by atoms with Crippen LogP contribution in [0.5, 0.6) is 5.75 Å². The monoisotopic (exact) mass is 314 g/mol. The van der Waals surface area contributed by atoms with Gasteiger partial charge in [0, 0.05) is 30.7 Å². The van der Waals surface area contributed by atoms with Crippen molar-refractivity contribution in [2.45, 2.75) is 38.8 Å². The molecule has 0 bridgehead atoms. The van der Waals surface area contributed by atoms with Crippen LogP contribution in [0.3, 0.4) is 0 Å². The van der Waals surface area contributed by atoms with Crippen LogP contribution in [-0.2, 0) is 4.79 Å². The van der Waals surface area contributed by atoms with Crippen molar-refractivity contribution in [3.8, 4) is 5.75 Å². The van der Waals surface area contributed by atoms with E-state index < -0.39 is 0 Å². The van der Waals surface area contributed by atoms with Gasteiger partial charge in [0.1, 0.15) is 17.4 Å². The Morgan fingerprint density at radius 1 is 1.35 bits per heavy atom. The molecule has 0 saturated carbocycles. The second-order valence-corrected chi connectivity index (χ2v) is 6.10. The van der Waals surface area contributed by atoms with Crippen LogP contribution in [0.15, 0.2) is 24.4 Å². The number of rotatable bonds is 5. The first-order valence-corrected chi connectivity index (χ1v) is 8.04. The first-order chi connectivity index (χ1) is 11.2. The number of carbonyl (C=O) groups is 1. The number of benzene rings is 1. The number of fused-ring (bicyclic) bond motifs is 1. The number of aromatic nitrogens is 2. The quantitative estimate of drug-likeness (QED) is 0.859. The zero-order valence-electron chi connectivity index (χ0n) is 13.5. The Morgan fingerprint density at radius 2 is 2.13 bits per heavy atom. The van der Waals surface area contributed by atoms with Gasteiger partial charge in [0.25, 0.3) is 0 Å². The largest absolute Gasteiger partial charge is 0.488 e. The fraction of sp³-hybridized carbons (Fsp3) is 0.471. The molecule has 1 aromatic heterocycles. The molecule has 1 fully saturated rings. The van der Waals surface area contributed by atoms with E-state index in [1.807, 2.05) is 18.2 Å². The molecule has 0 radical (unpaired) electrons. The summed E-state index contributed by atoms with van der Waals surface area (Å²) >= 11 is 0. The zero-order valence-corrected chi connectivity index (χ0v) is 13.5. The summed E-state index contributed by atoms with van der Waals surface area (Å²) in [6.45, 7) is 6.56. The molecule has 1 N–H and O–H groups in total. The Bertz CT molecular complexity index is 681. The van der Waals surface area contributed by atoms with Crippen LogP contribution in [0.25, 0.3) is 10.9 Å². The van der Waals surface area contributed by atoms with E-state index in [4.69, 9.17) is 4.74 Å². The highest BCUT2D eigenvalue weighted by Gasteiger charge is 2.22. The first-order valence-electron chi connectivity index (χ1n) is 8.04. The molecular weight excluding hydrogens is 292 g/mol. The SMILES string of the molecule is CC(C)N1CCC(Oc2cccc3cnc(NC=O)nc23)CC1. The Labute approximate surface area is 135 Å². The molecule has 1 saturated heterocycles. The van der Waals surface area contributed by atoms with Crippen molar-refractivity contribution in [3.05, 3.63) is 24.4 Å². The summed E-state index contributed by atoms with van der Waals surface area (Å²) in [5.74, 6) is 1.04. The van der Waals surface area contributed by atoms with Crippen LogP contribution in [0, 0.1) is 0 Å². The van der Waals surface area contributed by atoms with E-state index in [9.17, 15) is 4.79 Å². The molecule has 2 aromatic rings. The lowest BCUT2D eigenvalue weighted by molar-refractivity contribution is -0.105. The van der Waals surface area contributed by atoms with E-state index in [1.54, 1.807) is 6.20 Å². The maximum absolute atomic E-state index is 10.6. The van der Waals surface area contributed by atoms with Crippen molar-refractivity contribution in [2.24, 2.45) is 0 Å². The fourth-order valence-corrected chi connectivity index (χ4v) is 2.94. The van der Waals surface area contributed by atoms with Crippen molar-refractivity contribution < 1.29 is 9.53 Å². The normalized spacial score (nSPS) is 16.7. The highest BCUT2D eigenvalue weighted by atomic mass is 16.5. The summed E-state index contributed by atoms with van der Waals surface area (Å²) in [7, 11) is 0. The van der Waals surface area contributed by atoms with Gasteiger partial charge in [-0.1, -0.05) is 12.1 Å². The zero-order chi connectivity index (χ0) is 16.2. The molecule has 1 aromatic carbocycles. The number of carbonyl (C=O) groups excluding carboxylic acids is 1. The van der Waals surface area contributed by atoms with Gasteiger partial charge >= 0.3 is 0 Å². The molecule has 0 aliphatic carbocycles. The van der Waals surface area contributed by atoms with Gasteiger partial charge in [-0.3, -0.25) is 10.1 Å². The van der Waals surface area contributed by atoms with Gasteiger partial charge in [0.05, 0.1) is 0 Å². The van der Waals surface area contributed by atoms with Crippen molar-refractivity contribution in [3.63, 3.8) is 0 Å². The number of piperidine rings is 1. The maximum Gasteiger partial charge on any atom is 0.229 e. The molecule has 3 rings (SSSR count). The van der Waals surface area contributed by atoms with E-state index in [0.29, 0.717) is 12.5 Å². The predicted molar refractivity (Wildman–Crippen MR) is 89.6 cm³/mol. The van der Waals surface area contributed by atoms with E-state index in [-0.39, 0.29) is 12.1 Å². The summed E-state index contributed by atoms with van der Waals surface area (Å²) < 4.78 is 6.20. The van der Waals surface area contributed by atoms with Crippen LogP contribution in [0.4, 0.5) is 5.95 Å². The average Bonchev–Trinajstić information content (AvgIpc) is 2.56. The Kier molecular flexibility index (Phi) is 4.71. The van der Waals surface area contributed by atoms with E-state index in [1.165, 1.54) is 0 Å². The summed E-state index contributed by atoms with van der Waals surface area (Å²) in [6, 6.07) is 6.39. The minimum absolute atomic E-state index is 0.202. The van der Waals surface area contributed by atoms with Gasteiger partial charge in [-0.2, -0.15) is 0 Å². The number of amides is 1. The highest BCUT2D eigenvalue weighted by Crippen LogP contribution is 2.27. The molecule has 6 heteroatoms. The summed E-state index contributed by atoms with van der Waals surface area (Å²) in [6.07, 6.45) is 4.50. The fourth-order valence-electron chi connectivity index (χ4n) is 2.94. The number of hydrogen-bond donors (Lipinski definition) is 1. The number of hydrogen-bond acceptors (Lipinski definition) is 5. The molecule has 0 unspecified atom stereocenters. The molecule has 2 heterocycles. The van der Waals surface area contributed by atoms with Crippen molar-refractivity contribution in [1.29, 1.82) is 0 Å². The highest BCUT2D eigenvalue weighted by molar-refractivity contribution is 5.85. The average molecular weight is 314 g/mol. The van der Waals surface area contributed by atoms with Crippen molar-refractivity contribution in [2.75, 3.05) is 18.4 Å². The number of nitrogens with zero attached hydrogens (tertiary/aromatic N) is 3. The second-order valence-electron chi connectivity index (χ2n) is 6.10. The molecule has 122 valence electrons. The topological polar surface area (TPSA) is 67.3 Å². The standard InChI is InChI=1S/C17H22N4O2/c1-12(2)21-8-6-14(7-9-21)23-15-5-3-4-13-10-18-17(19-11-22)20-16(13)15/h3-5,10-12,14H,6-9H2,1-2H3,(H,18,19,20,22). The van der Waals surface area contributed by atoms with Gasteiger partial charge in [-0.05, 0) is 32.8 Å². The minimum Gasteiger partial charge on any atom is -0.488 e. The number of anilines is 1. The van der Waals surface area contributed by atoms with E-state index >= 15 is 0 Å². The number of likely N-dealkylation sites (tertiary alicyclic amines) is 1. The van der Waals surface area contributed by atoms with Crippen LogP contribution in [0.2, 0.25) is 0 Å². The van der Waals surface area contributed by atoms with Gasteiger partial charge < -0.3 is 9.64 Å². The molecule has 1 amide bonds. The van der Waals surface area contributed by atoms with Crippen LogP contribution in [-0.4, -0.2) is 46.5 Å². The third-order valence-corrected chi connectivity index (χ3v) is 4.26. The molecular formula is C17H22N4O2. The van der Waals surface area contributed by atoms with Crippen LogP contribution in [0.1, 0.15) is 26.7 Å². The summed E-state index contributed by atoms with van der Waals surface area (Å²) in [5, 5.41) is 3.39. The summed E-state index contributed by atoms with van der Waals surface area (Å²) in [4.78, 5) is 21.5. The summed E-state index contributed by atoms with van der Waals surface area (Å²) in [5.41, 5.74) is 0.734. The third kappa shape index (κ3) is 3.59. The molecule has 0 spiro atoms. The third-order valence-electron chi connectivity index (χ3n) is 4.26. The molecule has 0 atom stereocenters. The lowest BCUT2D eigenvalue weighted by Gasteiger charge is -2.34. The lowest BCUT2D eigenvalue weighted by atomic mass is 10.1. The predicted octanol–water partition coefficient (Wildman–Crippen LogP) is 2.45. The van der Waals surface area contributed by atoms with Crippen LogP contribution < -0.4 is 10.1 Å². The van der Waals surface area contributed by atoms with Crippen molar-refractivity contribution >= 4 is 23.3 Å². The van der Waals surface area contributed by atoms with Crippen molar-refractivity contribution in [1.82, 2.24) is 14.9 Å². The number of nitrogens with one attached hydrogen (secondary N) is 1. The lowest BCUT2D eigenvalue weighted by Crippen LogP contribution is -2.41. The van der Waals surface area contributed by atoms with Gasteiger partial charge in [-0.15, -0.1) is 0 Å². The second kappa shape index (κ2) is 6.91. The van der Waals surface area contributed by atoms with Gasteiger partial charge in [0.15, 0.2) is 0 Å². The molecule has 1 aliphatic heterocycles. The Hall–Kier alpha value is -2.21. The minimum atomic E-state index is 0.202. The smallest absolute Gasteiger partial charge is 0.229 e. The Balaban J connectivity index is 1.77. The molecule has 6 nitrogen and oxygen atoms in total.